The molecule has 1 aliphatic heterocycles. The predicted molar refractivity (Wildman–Crippen MR) is 57.7 cm³/mol. The largest absolute Gasteiger partial charge is 0.308 e. The van der Waals surface area contributed by atoms with Gasteiger partial charge in [-0.05, 0) is 27.2 Å². The molecule has 0 amide bonds. The van der Waals surface area contributed by atoms with Crippen LogP contribution >= 0.6 is 0 Å². The molecule has 0 unspecified atom stereocenters. The first-order valence-electron chi connectivity index (χ1n) is 4.91. The van der Waals surface area contributed by atoms with Gasteiger partial charge in [-0.2, -0.15) is 0 Å². The van der Waals surface area contributed by atoms with Gasteiger partial charge in [-0.15, -0.1) is 0 Å². The first-order chi connectivity index (χ1) is 6.18. The van der Waals surface area contributed by atoms with Gasteiger partial charge in [0.2, 0.25) is 10.0 Å². The van der Waals surface area contributed by atoms with Crippen LogP contribution in [0.1, 0.15) is 27.2 Å². The van der Waals surface area contributed by atoms with E-state index in [9.17, 15) is 8.42 Å². The van der Waals surface area contributed by atoms with Crippen molar-refractivity contribution >= 4 is 10.0 Å². The summed E-state index contributed by atoms with van der Waals surface area (Å²) >= 11 is 0. The Labute approximate surface area is 86.7 Å². The second-order valence-electron chi connectivity index (χ2n) is 5.00. The highest BCUT2D eigenvalue weighted by molar-refractivity contribution is 7.88. The fourth-order valence-corrected chi connectivity index (χ4v) is 2.65. The minimum Gasteiger partial charge on any atom is -0.308 e. The van der Waals surface area contributed by atoms with Gasteiger partial charge in [-0.3, -0.25) is 0 Å². The summed E-state index contributed by atoms with van der Waals surface area (Å²) in [6.07, 6.45) is 2.18. The second-order valence-corrected chi connectivity index (χ2v) is 6.98. The van der Waals surface area contributed by atoms with Gasteiger partial charge in [0.25, 0.3) is 0 Å². The maximum absolute atomic E-state index is 11.2. The van der Waals surface area contributed by atoms with Gasteiger partial charge in [-0.1, -0.05) is 0 Å². The molecule has 4 nitrogen and oxygen atoms in total. The summed E-state index contributed by atoms with van der Waals surface area (Å²) in [5, 5.41) is 3.41. The monoisotopic (exact) mass is 220 g/mol. The van der Waals surface area contributed by atoms with Crippen LogP contribution in [0, 0.1) is 0 Å². The third-order valence-corrected chi connectivity index (χ3v) is 3.53. The highest BCUT2D eigenvalue weighted by Gasteiger charge is 2.30. The van der Waals surface area contributed by atoms with E-state index >= 15 is 0 Å². The Morgan fingerprint density at radius 2 is 1.93 bits per heavy atom. The Hall–Kier alpha value is -0.130. The van der Waals surface area contributed by atoms with Gasteiger partial charge in [0.1, 0.15) is 0 Å². The molecule has 1 N–H and O–H groups in total. The van der Waals surface area contributed by atoms with E-state index in [1.807, 2.05) is 0 Å². The molecule has 1 rings (SSSR count). The summed E-state index contributed by atoms with van der Waals surface area (Å²) in [6.45, 7) is 7.53. The van der Waals surface area contributed by atoms with Crippen LogP contribution in [0.5, 0.6) is 0 Å². The molecule has 1 heterocycles. The molecule has 0 bridgehead atoms. The van der Waals surface area contributed by atoms with Crippen molar-refractivity contribution in [2.24, 2.45) is 0 Å². The standard InChI is InChI=1S/C9H20N2O2S/c1-9(2,3)10-8-5-6-11(7-8)14(4,12)13/h8,10H,5-7H2,1-4H3/t8-/m0/s1. The van der Waals surface area contributed by atoms with Crippen molar-refractivity contribution in [3.05, 3.63) is 0 Å². The van der Waals surface area contributed by atoms with Crippen molar-refractivity contribution in [3.8, 4) is 0 Å². The number of nitrogens with zero attached hydrogens (tertiary/aromatic N) is 1. The van der Waals surface area contributed by atoms with Gasteiger partial charge in [0, 0.05) is 24.7 Å². The summed E-state index contributed by atoms with van der Waals surface area (Å²) in [6, 6.07) is 0.296. The van der Waals surface area contributed by atoms with Crippen molar-refractivity contribution < 1.29 is 8.42 Å². The van der Waals surface area contributed by atoms with E-state index in [-0.39, 0.29) is 5.54 Å². The van der Waals surface area contributed by atoms with E-state index in [1.54, 1.807) is 0 Å². The van der Waals surface area contributed by atoms with E-state index in [1.165, 1.54) is 10.6 Å². The average Bonchev–Trinajstić information content (AvgIpc) is 2.29. The molecule has 1 aliphatic rings. The number of sulfonamides is 1. The van der Waals surface area contributed by atoms with Crippen LogP contribution in [0.25, 0.3) is 0 Å². The summed E-state index contributed by atoms with van der Waals surface area (Å²) < 4.78 is 24.0. The van der Waals surface area contributed by atoms with Crippen LogP contribution in [-0.4, -0.2) is 43.6 Å². The normalized spacial score (nSPS) is 25.6. The second kappa shape index (κ2) is 3.79. The third-order valence-electron chi connectivity index (χ3n) is 2.26. The number of rotatable bonds is 2. The lowest BCUT2D eigenvalue weighted by atomic mass is 10.1. The first kappa shape index (κ1) is 11.9. The fourth-order valence-electron chi connectivity index (χ4n) is 1.76. The molecule has 1 fully saturated rings. The number of hydrogen-bond acceptors (Lipinski definition) is 3. The summed E-state index contributed by atoms with van der Waals surface area (Å²) in [5.74, 6) is 0. The van der Waals surface area contributed by atoms with E-state index in [2.05, 4.69) is 26.1 Å². The topological polar surface area (TPSA) is 49.4 Å². The molecule has 0 aromatic heterocycles. The minimum absolute atomic E-state index is 0.0537. The lowest BCUT2D eigenvalue weighted by molar-refractivity contribution is 0.361. The average molecular weight is 220 g/mol. The highest BCUT2D eigenvalue weighted by Crippen LogP contribution is 2.15. The van der Waals surface area contributed by atoms with Crippen molar-refractivity contribution in [3.63, 3.8) is 0 Å². The Kier molecular flexibility index (Phi) is 3.23. The summed E-state index contributed by atoms with van der Waals surface area (Å²) in [4.78, 5) is 0. The van der Waals surface area contributed by atoms with Crippen LogP contribution in [0.15, 0.2) is 0 Å². The number of nitrogens with one attached hydrogen (secondary N) is 1. The lowest BCUT2D eigenvalue weighted by Gasteiger charge is -2.25. The smallest absolute Gasteiger partial charge is 0.211 e. The van der Waals surface area contributed by atoms with Gasteiger partial charge < -0.3 is 5.32 Å². The molecule has 0 aromatic carbocycles. The zero-order valence-corrected chi connectivity index (χ0v) is 10.2. The molecule has 0 aromatic rings. The van der Waals surface area contributed by atoms with E-state index in [4.69, 9.17) is 0 Å². The minimum atomic E-state index is -3.00. The van der Waals surface area contributed by atoms with Crippen molar-refractivity contribution in [1.82, 2.24) is 9.62 Å². The van der Waals surface area contributed by atoms with Crippen molar-refractivity contribution in [2.75, 3.05) is 19.3 Å². The quantitative estimate of drug-likeness (QED) is 0.733. The zero-order valence-electron chi connectivity index (χ0n) is 9.37. The van der Waals surface area contributed by atoms with Gasteiger partial charge in [0.15, 0.2) is 0 Å². The first-order valence-corrected chi connectivity index (χ1v) is 6.76. The summed E-state index contributed by atoms with van der Waals surface area (Å²) in [5.41, 5.74) is 0.0537. The molecule has 84 valence electrons. The maximum Gasteiger partial charge on any atom is 0.211 e. The van der Waals surface area contributed by atoms with E-state index in [0.29, 0.717) is 19.1 Å². The SMILES string of the molecule is CC(C)(C)N[C@H]1CCN(S(C)(=O)=O)C1. The Balaban J connectivity index is 2.51. The maximum atomic E-state index is 11.2. The fraction of sp³-hybridized carbons (Fsp3) is 1.00. The van der Waals surface area contributed by atoms with Gasteiger partial charge in [0.05, 0.1) is 6.26 Å². The molecule has 1 saturated heterocycles. The van der Waals surface area contributed by atoms with Gasteiger partial charge >= 0.3 is 0 Å². The Bertz CT molecular complexity index is 292. The molecule has 5 heteroatoms. The highest BCUT2D eigenvalue weighted by atomic mass is 32.2. The third kappa shape index (κ3) is 3.55. The van der Waals surface area contributed by atoms with Crippen LogP contribution < -0.4 is 5.32 Å². The molecule has 1 atom stereocenters. The molecule has 0 spiro atoms. The molecule has 0 aliphatic carbocycles. The van der Waals surface area contributed by atoms with Crippen molar-refractivity contribution in [1.29, 1.82) is 0 Å². The molecule has 0 radical (unpaired) electrons. The van der Waals surface area contributed by atoms with E-state index < -0.39 is 10.0 Å². The molecular formula is C9H20N2O2S. The number of hydrogen-bond donors (Lipinski definition) is 1. The van der Waals surface area contributed by atoms with Crippen LogP contribution in [-0.2, 0) is 10.0 Å². The van der Waals surface area contributed by atoms with Crippen molar-refractivity contribution in [2.45, 2.75) is 38.8 Å². The molecule has 14 heavy (non-hydrogen) atoms. The lowest BCUT2D eigenvalue weighted by Crippen LogP contribution is -2.45. The van der Waals surface area contributed by atoms with Crippen LogP contribution in [0.2, 0.25) is 0 Å². The van der Waals surface area contributed by atoms with E-state index in [0.717, 1.165) is 6.42 Å². The van der Waals surface area contributed by atoms with Gasteiger partial charge in [-0.25, -0.2) is 12.7 Å². The zero-order chi connectivity index (χ0) is 11.0. The summed E-state index contributed by atoms with van der Waals surface area (Å²) in [7, 11) is -3.00. The Morgan fingerprint density at radius 3 is 2.29 bits per heavy atom. The Morgan fingerprint density at radius 1 is 1.36 bits per heavy atom. The molecular weight excluding hydrogens is 200 g/mol. The van der Waals surface area contributed by atoms with Crippen LogP contribution in [0.4, 0.5) is 0 Å². The van der Waals surface area contributed by atoms with Crippen LogP contribution in [0.3, 0.4) is 0 Å². The predicted octanol–water partition coefficient (Wildman–Crippen LogP) is 0.408. The molecule has 0 saturated carbocycles.